The summed E-state index contributed by atoms with van der Waals surface area (Å²) in [7, 11) is 2.37. The summed E-state index contributed by atoms with van der Waals surface area (Å²) in [5, 5.41) is 2.13. The number of halogens is 1. The Morgan fingerprint density at radius 3 is 2.69 bits per heavy atom. The molecule has 3 aromatic heterocycles. The van der Waals surface area contributed by atoms with Gasteiger partial charge in [-0.3, -0.25) is 4.40 Å². The minimum absolute atomic E-state index is 0.0338. The van der Waals surface area contributed by atoms with Gasteiger partial charge in [-0.15, -0.1) is 22.7 Å². The molecule has 0 atom stereocenters. The summed E-state index contributed by atoms with van der Waals surface area (Å²) in [6, 6.07) is 0. The second-order valence-corrected chi connectivity index (χ2v) is 7.70. The van der Waals surface area contributed by atoms with Gasteiger partial charge in [0.15, 0.2) is 10.1 Å². The lowest BCUT2D eigenvalue weighted by Crippen LogP contribution is -2.11. The molecule has 2 N–H and O–H groups in total. The van der Waals surface area contributed by atoms with Crippen LogP contribution in [0.25, 0.3) is 11.0 Å². The summed E-state index contributed by atoms with van der Waals surface area (Å²) in [4.78, 5) is 41.1. The smallest absolute Gasteiger partial charge is 0.348 e. The van der Waals surface area contributed by atoms with Crippen molar-refractivity contribution in [3.05, 3.63) is 44.5 Å². The number of carbonyl (C=O) groups excluding carboxylic acids is 3. The number of anilines is 1. The van der Waals surface area contributed by atoms with E-state index in [4.69, 9.17) is 31.5 Å². The molecule has 12 heteroatoms. The fraction of sp³-hybridized carbons (Fsp3) is 0.176. The number of rotatable bonds is 6. The molecule has 3 heterocycles. The van der Waals surface area contributed by atoms with Crippen LogP contribution in [0.15, 0.2) is 17.7 Å². The molecule has 29 heavy (non-hydrogen) atoms. The van der Waals surface area contributed by atoms with Crippen molar-refractivity contribution in [1.82, 2.24) is 9.38 Å². The number of nitrogens with two attached hydrogens (primary N) is 1. The highest BCUT2D eigenvalue weighted by molar-refractivity contribution is 7.18. The zero-order valence-corrected chi connectivity index (χ0v) is 17.5. The number of nitrogens with zero attached hydrogens (tertiary/aromatic N) is 2. The van der Waals surface area contributed by atoms with Crippen molar-refractivity contribution in [2.45, 2.75) is 6.61 Å². The first-order valence-electron chi connectivity index (χ1n) is 7.91. The molecule has 0 aliphatic carbocycles. The minimum atomic E-state index is -0.749. The number of aromatic nitrogens is 2. The average Bonchev–Trinajstić information content (AvgIpc) is 3.36. The Labute approximate surface area is 177 Å². The maximum Gasteiger partial charge on any atom is 0.348 e. The summed E-state index contributed by atoms with van der Waals surface area (Å²) in [5.74, 6) is -2.17. The van der Waals surface area contributed by atoms with E-state index >= 15 is 0 Å². The highest BCUT2D eigenvalue weighted by Crippen LogP contribution is 2.33. The Kier molecular flexibility index (Phi) is 6.20. The van der Waals surface area contributed by atoms with Gasteiger partial charge in [-0.2, -0.15) is 0 Å². The summed E-state index contributed by atoms with van der Waals surface area (Å²) in [6.07, 6.45) is 4.39. The van der Waals surface area contributed by atoms with Crippen molar-refractivity contribution in [2.75, 3.05) is 20.0 Å². The van der Waals surface area contributed by atoms with Gasteiger partial charge in [0, 0.05) is 23.2 Å². The topological polar surface area (TPSA) is 122 Å². The van der Waals surface area contributed by atoms with Gasteiger partial charge in [0.1, 0.15) is 22.0 Å². The van der Waals surface area contributed by atoms with Crippen LogP contribution >= 0.6 is 34.3 Å². The molecule has 0 bridgehead atoms. The van der Waals surface area contributed by atoms with Crippen LogP contribution < -0.4 is 5.73 Å². The second kappa shape index (κ2) is 8.64. The first kappa shape index (κ1) is 20.8. The highest BCUT2D eigenvalue weighted by atomic mass is 35.5. The Hall–Kier alpha value is -2.89. The lowest BCUT2D eigenvalue weighted by atomic mass is 10.1. The van der Waals surface area contributed by atoms with Crippen LogP contribution in [0, 0.1) is 0 Å². The van der Waals surface area contributed by atoms with Crippen LogP contribution in [-0.4, -0.2) is 41.5 Å². The normalized spacial score (nSPS) is 11.1. The summed E-state index contributed by atoms with van der Waals surface area (Å²) in [5.41, 5.74) is 6.44. The van der Waals surface area contributed by atoms with Gasteiger partial charge >= 0.3 is 17.9 Å². The fourth-order valence-corrected chi connectivity index (χ4v) is 4.45. The van der Waals surface area contributed by atoms with Gasteiger partial charge in [-0.1, -0.05) is 11.6 Å². The number of nitrogen functional groups attached to an aromatic ring is 1. The van der Waals surface area contributed by atoms with Gasteiger partial charge in [0.25, 0.3) is 0 Å². The monoisotopic (exact) mass is 455 g/mol. The third-order valence-corrected chi connectivity index (χ3v) is 5.86. The van der Waals surface area contributed by atoms with Gasteiger partial charge in [-0.05, 0) is 6.08 Å². The molecule has 0 aromatic carbocycles. The second-order valence-electron chi connectivity index (χ2n) is 5.42. The number of hydrogen-bond donors (Lipinski definition) is 1. The maximum absolute atomic E-state index is 12.2. The van der Waals surface area contributed by atoms with E-state index in [0.717, 1.165) is 11.3 Å². The summed E-state index contributed by atoms with van der Waals surface area (Å²) < 4.78 is 16.3. The number of fused-ring (bicyclic) bond motifs is 1. The predicted molar refractivity (Wildman–Crippen MR) is 108 cm³/mol. The highest BCUT2D eigenvalue weighted by Gasteiger charge is 2.27. The van der Waals surface area contributed by atoms with E-state index in [1.54, 1.807) is 10.6 Å². The molecule has 0 saturated heterocycles. The molecule has 0 spiro atoms. The molecule has 9 nitrogen and oxygen atoms in total. The Morgan fingerprint density at radius 2 is 2.00 bits per heavy atom. The molecule has 0 fully saturated rings. The van der Waals surface area contributed by atoms with Crippen molar-refractivity contribution in [3.63, 3.8) is 0 Å². The largest absolute Gasteiger partial charge is 0.465 e. The van der Waals surface area contributed by atoms with Crippen LogP contribution in [0.5, 0.6) is 0 Å². The SMILES string of the molecule is COC(=O)c1sc(N)c(C(=O)OC)c1COC(=O)/C=C\c1c(Cl)nc2sccn12. The standard InChI is InChI=1S/C17H14ClN3O6S2/c1-25-15(23)11-8(12(16(24)26-2)29-14(11)19)7-27-10(22)4-3-9-13(18)20-17-21(9)5-6-28-17/h3-6H,7,19H2,1-2H3/b4-3-. The van der Waals surface area contributed by atoms with Gasteiger partial charge in [0.05, 0.1) is 19.9 Å². The van der Waals surface area contributed by atoms with E-state index in [0.29, 0.717) is 10.7 Å². The van der Waals surface area contributed by atoms with Gasteiger partial charge in [0.2, 0.25) is 0 Å². The average molecular weight is 456 g/mol. The van der Waals surface area contributed by atoms with E-state index in [2.05, 4.69) is 4.98 Å². The molecule has 152 valence electrons. The number of thiophene rings is 1. The quantitative estimate of drug-likeness (QED) is 0.342. The Balaban J connectivity index is 1.80. The lowest BCUT2D eigenvalue weighted by molar-refractivity contribution is -0.138. The number of carbonyl (C=O) groups is 3. The number of ether oxygens (including phenoxy) is 3. The van der Waals surface area contributed by atoms with E-state index < -0.39 is 17.9 Å². The zero-order valence-electron chi connectivity index (χ0n) is 15.1. The molecule has 0 aliphatic rings. The van der Waals surface area contributed by atoms with Crippen LogP contribution in [-0.2, 0) is 25.6 Å². The molecule has 0 amide bonds. The fourth-order valence-electron chi connectivity index (χ4n) is 2.47. The Morgan fingerprint density at radius 1 is 1.28 bits per heavy atom. The number of thiazole rings is 1. The van der Waals surface area contributed by atoms with Crippen molar-refractivity contribution in [3.8, 4) is 0 Å². The zero-order chi connectivity index (χ0) is 21.1. The van der Waals surface area contributed by atoms with Crippen LogP contribution in [0.2, 0.25) is 5.15 Å². The minimum Gasteiger partial charge on any atom is -0.465 e. The molecule has 0 radical (unpaired) electrons. The first-order chi connectivity index (χ1) is 13.9. The van der Waals surface area contributed by atoms with Crippen molar-refractivity contribution >= 4 is 68.2 Å². The van der Waals surface area contributed by atoms with Gasteiger partial charge in [-0.25, -0.2) is 19.4 Å². The molecular formula is C17H14ClN3O6S2. The molecule has 0 aliphatic heterocycles. The van der Waals surface area contributed by atoms with Crippen LogP contribution in [0.4, 0.5) is 5.00 Å². The molecule has 0 unspecified atom stereocenters. The number of hydrogen-bond acceptors (Lipinski definition) is 10. The summed E-state index contributed by atoms with van der Waals surface area (Å²) >= 11 is 8.32. The van der Waals surface area contributed by atoms with Crippen molar-refractivity contribution in [1.29, 1.82) is 0 Å². The molecule has 3 rings (SSSR count). The molecule has 3 aromatic rings. The van der Waals surface area contributed by atoms with E-state index in [1.165, 1.54) is 37.7 Å². The van der Waals surface area contributed by atoms with E-state index in [9.17, 15) is 14.4 Å². The number of esters is 3. The molecule has 0 saturated carbocycles. The Bertz CT molecular complexity index is 1130. The van der Waals surface area contributed by atoms with E-state index in [1.807, 2.05) is 5.38 Å². The lowest BCUT2D eigenvalue weighted by Gasteiger charge is -2.06. The third-order valence-electron chi connectivity index (χ3n) is 3.78. The number of methoxy groups -OCH3 is 2. The third kappa shape index (κ3) is 4.11. The van der Waals surface area contributed by atoms with Crippen molar-refractivity contribution < 1.29 is 28.6 Å². The van der Waals surface area contributed by atoms with Gasteiger partial charge < -0.3 is 19.9 Å². The maximum atomic E-state index is 12.2. The first-order valence-corrected chi connectivity index (χ1v) is 9.98. The van der Waals surface area contributed by atoms with Crippen LogP contribution in [0.1, 0.15) is 31.3 Å². The van der Waals surface area contributed by atoms with Crippen molar-refractivity contribution in [2.24, 2.45) is 0 Å². The number of imidazole rings is 1. The molecular weight excluding hydrogens is 442 g/mol. The summed E-state index contributed by atoms with van der Waals surface area (Å²) in [6.45, 7) is -0.375. The predicted octanol–water partition coefficient (Wildman–Crippen LogP) is 3.02. The van der Waals surface area contributed by atoms with Crippen LogP contribution in [0.3, 0.4) is 0 Å². The van der Waals surface area contributed by atoms with E-state index in [-0.39, 0.29) is 32.8 Å².